The summed E-state index contributed by atoms with van der Waals surface area (Å²) in [5, 5.41) is 3.91. The Balaban J connectivity index is 0.000000329. The fourth-order valence-corrected chi connectivity index (χ4v) is 9.45. The average Bonchev–Trinajstić information content (AvgIpc) is 0.860. The van der Waals surface area contributed by atoms with Crippen molar-refractivity contribution < 1.29 is 91.2 Å². The van der Waals surface area contributed by atoms with Gasteiger partial charge in [-0.05, 0) is 136 Å². The van der Waals surface area contributed by atoms with Crippen molar-refractivity contribution in [1.82, 2.24) is 0 Å². The zero-order valence-corrected chi connectivity index (χ0v) is 57.7. The van der Waals surface area contributed by atoms with Crippen LogP contribution in [0.1, 0.15) is 38.9 Å². The molecular formula is C68H68Br3F3N7NaO9+2. The standard InChI is InChI=1S/C23H24FN3O3.C22H18BrFNO3.C14H11FNO2.C8H8Br2O.CH6N2.Na.H/c1-16(28)27(14-17-12-20(29-2)9-10-21(17)26-15-25)22-13-18(24)8-11-23(22)30-19-6-4-3-5-7-19;1-15(26)25(14-16-12-19(27-2)9-10-20(16)23)21-13-17(24)8-11-22(21)28-18-6-4-3-5-7-18;1-10(17)16-13-9-11(15)7-8-14(13)18-12-5-3-2-4-6-12;1-11-7-2-3-8(10)6(4-7)5-9;2-1-3;;/h3-13,26H,14-15,25H2,1-2H3;3-14H,1-2H3;2-9H,1H3;2-4H,5H2,1H3;1-3H2;;/q;2*+1;;;+1;-1. The van der Waals surface area contributed by atoms with Gasteiger partial charge in [-0.2, -0.15) is 0 Å². The molecule has 0 unspecified atom stereocenters. The molecule has 0 fully saturated rings. The van der Waals surface area contributed by atoms with Crippen LogP contribution in [0.5, 0.6) is 46.0 Å². The molecule has 8 aromatic carbocycles. The molecule has 0 atom stereocenters. The van der Waals surface area contributed by atoms with Crippen LogP contribution in [0.3, 0.4) is 0 Å². The van der Waals surface area contributed by atoms with Gasteiger partial charge in [-0.1, -0.05) is 86.5 Å². The number of para-hydroxylation sites is 3. The quantitative estimate of drug-likeness (QED) is 0.0135. The van der Waals surface area contributed by atoms with E-state index in [-0.39, 0.29) is 68.4 Å². The summed E-state index contributed by atoms with van der Waals surface area (Å²) in [4.78, 5) is 41.1. The van der Waals surface area contributed by atoms with Gasteiger partial charge in [-0.15, -0.1) is 4.58 Å². The Morgan fingerprint density at radius 3 is 1.69 bits per heavy atom. The Morgan fingerprint density at radius 1 is 0.637 bits per heavy atom. The molecule has 1 aliphatic rings. The van der Waals surface area contributed by atoms with Gasteiger partial charge in [0.15, 0.2) is 23.4 Å². The van der Waals surface area contributed by atoms with E-state index in [9.17, 15) is 27.6 Å². The number of benzene rings is 8. The van der Waals surface area contributed by atoms with Crippen LogP contribution in [0.25, 0.3) is 0 Å². The zero-order chi connectivity index (χ0) is 65.5. The Kier molecular flexibility index (Phi) is 33.1. The fraction of sp³-hybridized carbons (Fsp3) is 0.147. The monoisotopic (exact) mass is 1440 g/mol. The summed E-state index contributed by atoms with van der Waals surface area (Å²) in [6.45, 7) is 4.78. The first-order valence-electron chi connectivity index (χ1n) is 27.3. The molecular weight excluding hydrogens is 1380 g/mol. The number of anilines is 2. The van der Waals surface area contributed by atoms with Gasteiger partial charge in [-0.3, -0.25) is 9.59 Å². The van der Waals surface area contributed by atoms with Crippen LogP contribution in [0.15, 0.2) is 220 Å². The second-order valence-corrected chi connectivity index (χ2v) is 20.7. The van der Waals surface area contributed by atoms with Crippen molar-refractivity contribution in [2.75, 3.05) is 44.9 Å². The van der Waals surface area contributed by atoms with E-state index in [2.05, 4.69) is 69.6 Å². The zero-order valence-electron chi connectivity index (χ0n) is 52.0. The number of hydrogen-bond donors (Lipinski definition) is 4. The van der Waals surface area contributed by atoms with Crippen molar-refractivity contribution >= 4 is 100 Å². The van der Waals surface area contributed by atoms with E-state index in [1.807, 2.05) is 91.0 Å². The Labute approximate surface area is 576 Å². The largest absolute Gasteiger partial charge is 1.00 e. The van der Waals surface area contributed by atoms with Crippen molar-refractivity contribution in [1.29, 1.82) is 0 Å². The van der Waals surface area contributed by atoms with Crippen molar-refractivity contribution in [3.8, 4) is 46.0 Å². The summed E-state index contributed by atoms with van der Waals surface area (Å²) in [6.07, 6.45) is 5.49. The number of ketones is 1. The first kappa shape index (κ1) is 75.4. The topological polar surface area (TPSA) is 217 Å². The molecule has 8 aromatic rings. The van der Waals surface area contributed by atoms with Gasteiger partial charge in [0.25, 0.3) is 5.69 Å². The minimum Gasteiger partial charge on any atom is -1.00 e. The van der Waals surface area contributed by atoms with Gasteiger partial charge in [0.05, 0.1) is 58.8 Å². The van der Waals surface area contributed by atoms with Crippen molar-refractivity contribution in [2.24, 2.45) is 22.2 Å². The normalized spacial score (nSPS) is 12.0. The summed E-state index contributed by atoms with van der Waals surface area (Å²) < 4.78 is 77.5. The minimum atomic E-state index is -0.472. The van der Waals surface area contributed by atoms with Gasteiger partial charge in [-0.25, -0.2) is 27.4 Å². The summed E-state index contributed by atoms with van der Waals surface area (Å²) in [5.74, 6) is 2.64. The van der Waals surface area contributed by atoms with Gasteiger partial charge in [0.1, 0.15) is 46.2 Å². The third-order valence-corrected chi connectivity index (χ3v) is 14.1. The molecule has 91 heavy (non-hydrogen) atoms. The van der Waals surface area contributed by atoms with Crippen LogP contribution in [0, 0.1) is 11.6 Å². The smallest absolute Gasteiger partial charge is 1.00 e. The summed E-state index contributed by atoms with van der Waals surface area (Å²) in [5.41, 5.74) is 19.1. The molecule has 9 rings (SSSR count). The maximum Gasteiger partial charge on any atom is 1.00 e. The predicted octanol–water partition coefficient (Wildman–Crippen LogP) is 12.5. The number of aliphatic imine (C=N–C) groups is 1. The molecule has 1 aliphatic carbocycles. The maximum absolute atomic E-state index is 14.1. The molecule has 0 aromatic heterocycles. The molecule has 0 aliphatic heterocycles. The van der Waals surface area contributed by atoms with Crippen molar-refractivity contribution in [3.05, 3.63) is 243 Å². The molecule has 7 N–H and O–H groups in total. The van der Waals surface area contributed by atoms with Gasteiger partial charge < -0.3 is 52.5 Å². The van der Waals surface area contributed by atoms with Crippen LogP contribution in [0.4, 0.5) is 30.2 Å². The van der Waals surface area contributed by atoms with E-state index in [0.717, 1.165) is 31.3 Å². The fourth-order valence-electron chi connectivity index (χ4n) is 7.88. The van der Waals surface area contributed by atoms with E-state index in [1.165, 1.54) is 90.4 Å². The molecule has 0 saturated heterocycles. The Bertz CT molecular complexity index is 3860. The average molecular weight is 1450 g/mol. The number of nitrogens with one attached hydrogen (secondary N) is 1. The number of allylic oxidation sites excluding steroid dienone is 4. The number of ether oxygens (including phenoxy) is 5. The van der Waals surface area contributed by atoms with Crippen LogP contribution < -0.4 is 80.7 Å². The third-order valence-electron chi connectivity index (χ3n) is 12.0. The summed E-state index contributed by atoms with van der Waals surface area (Å²) in [6, 6.07) is 52.1. The molecule has 470 valence electrons. The summed E-state index contributed by atoms with van der Waals surface area (Å²) in [7, 11) is 4.80. The third kappa shape index (κ3) is 24.9. The number of methoxy groups -OCH3 is 3. The van der Waals surface area contributed by atoms with Gasteiger partial charge in [0, 0.05) is 70.8 Å². The van der Waals surface area contributed by atoms with Crippen LogP contribution in [-0.2, 0) is 30.7 Å². The molecule has 0 saturated carbocycles. The van der Waals surface area contributed by atoms with Crippen molar-refractivity contribution in [2.45, 2.75) is 32.6 Å². The molecule has 0 heterocycles. The molecule has 23 heteroatoms. The number of amides is 3. The number of halogens is 6. The second kappa shape index (κ2) is 40.0. The number of alkyl halides is 1. The maximum atomic E-state index is 14.1. The first-order chi connectivity index (χ1) is 43.3. The Morgan fingerprint density at radius 2 is 1.15 bits per heavy atom. The molecule has 16 nitrogen and oxygen atoms in total. The van der Waals surface area contributed by atoms with Gasteiger partial charge in [0.2, 0.25) is 11.8 Å². The SMILES string of the molecule is CC(=O)N=C1C=C(F)C=CC1=[O+]c1ccccc1.COc1ccc(Br)c(C=[N+](C(C)=O)c2cc(F)ccc2Oc2ccccc2)c1.COc1ccc(Br)c(CBr)c1.COc1ccc(NCN)c(CN(C(C)=O)c2cc(F)ccc2Oc2ccccc2)c1.NCN.[H-].[Na+]. The molecule has 0 radical (unpaired) electrons. The van der Waals surface area contributed by atoms with E-state index >= 15 is 0 Å². The minimum absolute atomic E-state index is 0. The Hall–Kier alpha value is -8.03. The van der Waals surface area contributed by atoms with E-state index in [0.29, 0.717) is 63.0 Å². The number of hydrogen-bond acceptors (Lipinski definition) is 12. The first-order valence-corrected chi connectivity index (χ1v) is 30.0. The van der Waals surface area contributed by atoms with E-state index < -0.39 is 23.4 Å². The molecule has 0 bridgehead atoms. The molecule has 3 amide bonds. The number of nitrogens with zero attached hydrogens (tertiary/aromatic N) is 3. The number of rotatable bonds is 16. The number of carbonyl (C=O) groups is 3. The summed E-state index contributed by atoms with van der Waals surface area (Å²) >= 11 is 10.3. The predicted molar refractivity (Wildman–Crippen MR) is 360 cm³/mol. The van der Waals surface area contributed by atoms with Crippen LogP contribution in [0.2, 0.25) is 0 Å². The van der Waals surface area contributed by atoms with E-state index in [1.54, 1.807) is 82.1 Å². The van der Waals surface area contributed by atoms with E-state index in [4.69, 9.17) is 33.8 Å². The molecule has 0 spiro atoms. The van der Waals surface area contributed by atoms with Crippen LogP contribution in [-0.4, -0.2) is 74.7 Å². The number of nitrogens with two attached hydrogens (primary N) is 3. The van der Waals surface area contributed by atoms with Crippen molar-refractivity contribution in [3.63, 3.8) is 0 Å². The van der Waals surface area contributed by atoms with Crippen LogP contribution >= 0.6 is 47.8 Å². The second-order valence-electron chi connectivity index (χ2n) is 18.5. The van der Waals surface area contributed by atoms with Gasteiger partial charge >= 0.3 is 47.0 Å². The number of carbonyl (C=O) groups excluding carboxylic acids is 4.